The highest BCUT2D eigenvalue weighted by molar-refractivity contribution is 5.91. The molecule has 1 aliphatic heterocycles. The molecule has 3 rings (SSSR count). The standard InChI is InChI=1S/C19H23N3O3/c1-12-9-13(2)11-14(10-12)21-15(23)5-6-20-16-17(19(25)18(16)24)22-7-3-4-8-22/h9-11,20H,3-8H2,1-2H3,(H,21,23). The van der Waals surface area contributed by atoms with Crippen LogP contribution < -0.4 is 26.4 Å². The predicted molar refractivity (Wildman–Crippen MR) is 100 cm³/mol. The van der Waals surface area contributed by atoms with Crippen molar-refractivity contribution in [2.75, 3.05) is 35.2 Å². The maximum atomic E-state index is 12.1. The minimum atomic E-state index is -0.475. The Morgan fingerprint density at radius 3 is 2.32 bits per heavy atom. The fourth-order valence-electron chi connectivity index (χ4n) is 3.36. The first-order valence-corrected chi connectivity index (χ1v) is 8.66. The van der Waals surface area contributed by atoms with Gasteiger partial charge in [0.15, 0.2) is 0 Å². The fourth-order valence-corrected chi connectivity index (χ4v) is 3.36. The van der Waals surface area contributed by atoms with Crippen molar-refractivity contribution < 1.29 is 4.79 Å². The van der Waals surface area contributed by atoms with Crippen molar-refractivity contribution >= 4 is 23.0 Å². The van der Waals surface area contributed by atoms with E-state index in [2.05, 4.69) is 10.6 Å². The third-order valence-electron chi connectivity index (χ3n) is 4.47. The van der Waals surface area contributed by atoms with Crippen LogP contribution in [0.15, 0.2) is 27.8 Å². The number of hydrogen-bond acceptors (Lipinski definition) is 5. The van der Waals surface area contributed by atoms with Crippen molar-refractivity contribution in [2.24, 2.45) is 0 Å². The van der Waals surface area contributed by atoms with Gasteiger partial charge in [-0.2, -0.15) is 0 Å². The molecule has 1 fully saturated rings. The first kappa shape index (κ1) is 17.2. The zero-order valence-corrected chi connectivity index (χ0v) is 14.6. The van der Waals surface area contributed by atoms with Gasteiger partial charge in [-0.1, -0.05) is 6.07 Å². The highest BCUT2D eigenvalue weighted by Gasteiger charge is 2.27. The minimum Gasteiger partial charge on any atom is -0.379 e. The van der Waals surface area contributed by atoms with Gasteiger partial charge in [-0.05, 0) is 49.9 Å². The Labute approximate surface area is 146 Å². The van der Waals surface area contributed by atoms with Gasteiger partial charge in [-0.25, -0.2) is 0 Å². The van der Waals surface area contributed by atoms with Gasteiger partial charge in [0, 0.05) is 31.7 Å². The Bertz CT molecular complexity index is 839. The second kappa shape index (κ2) is 7.09. The number of anilines is 3. The van der Waals surface area contributed by atoms with Crippen molar-refractivity contribution in [1.82, 2.24) is 0 Å². The van der Waals surface area contributed by atoms with Crippen LogP contribution in [0.25, 0.3) is 0 Å². The molecule has 0 spiro atoms. The van der Waals surface area contributed by atoms with Crippen molar-refractivity contribution in [3.05, 3.63) is 49.8 Å². The number of amides is 1. The molecular weight excluding hydrogens is 318 g/mol. The van der Waals surface area contributed by atoms with Crippen LogP contribution in [0, 0.1) is 13.8 Å². The third-order valence-corrected chi connectivity index (χ3v) is 4.47. The maximum Gasteiger partial charge on any atom is 0.253 e. The number of nitrogens with zero attached hydrogens (tertiary/aromatic N) is 1. The molecule has 1 saturated heterocycles. The molecule has 1 aliphatic rings. The lowest BCUT2D eigenvalue weighted by molar-refractivity contribution is -0.115. The molecule has 1 amide bonds. The van der Waals surface area contributed by atoms with Crippen molar-refractivity contribution in [3.8, 4) is 0 Å². The zero-order chi connectivity index (χ0) is 18.0. The number of rotatable bonds is 6. The highest BCUT2D eigenvalue weighted by Crippen LogP contribution is 2.24. The summed E-state index contributed by atoms with van der Waals surface area (Å²) in [4.78, 5) is 37.6. The van der Waals surface area contributed by atoms with E-state index in [0.29, 0.717) is 17.9 Å². The molecule has 2 aromatic rings. The fraction of sp³-hybridized carbons (Fsp3) is 0.421. The van der Waals surface area contributed by atoms with Crippen molar-refractivity contribution in [3.63, 3.8) is 0 Å². The quantitative estimate of drug-likeness (QED) is 0.785. The molecule has 0 aromatic heterocycles. The van der Waals surface area contributed by atoms with Gasteiger partial charge in [0.25, 0.3) is 10.9 Å². The second-order valence-electron chi connectivity index (χ2n) is 6.68. The summed E-state index contributed by atoms with van der Waals surface area (Å²) in [6.45, 7) is 5.91. The molecule has 25 heavy (non-hydrogen) atoms. The summed E-state index contributed by atoms with van der Waals surface area (Å²) >= 11 is 0. The lowest BCUT2D eigenvalue weighted by atomic mass is 10.1. The van der Waals surface area contributed by atoms with Gasteiger partial charge >= 0.3 is 0 Å². The largest absolute Gasteiger partial charge is 0.379 e. The van der Waals surface area contributed by atoms with E-state index in [9.17, 15) is 14.4 Å². The Morgan fingerprint density at radius 2 is 1.68 bits per heavy atom. The summed E-state index contributed by atoms with van der Waals surface area (Å²) in [5.41, 5.74) is 2.93. The summed E-state index contributed by atoms with van der Waals surface area (Å²) in [6, 6.07) is 5.88. The van der Waals surface area contributed by atoms with E-state index in [1.54, 1.807) is 0 Å². The number of benzene rings is 1. The van der Waals surface area contributed by atoms with Crippen LogP contribution in [0.2, 0.25) is 0 Å². The molecular formula is C19H23N3O3. The lowest BCUT2D eigenvalue weighted by Crippen LogP contribution is -2.42. The monoisotopic (exact) mass is 341 g/mol. The first-order chi connectivity index (χ1) is 12.0. The SMILES string of the molecule is Cc1cc(C)cc(NC(=O)CCNc2c(N3CCCC3)c(=O)c2=O)c1. The molecule has 132 valence electrons. The molecule has 2 N–H and O–H groups in total. The normalized spacial score (nSPS) is 14.1. The van der Waals surface area contributed by atoms with Gasteiger partial charge in [-0.3, -0.25) is 14.4 Å². The van der Waals surface area contributed by atoms with Crippen LogP contribution in [0.1, 0.15) is 30.4 Å². The maximum absolute atomic E-state index is 12.1. The lowest BCUT2D eigenvalue weighted by Gasteiger charge is -2.22. The van der Waals surface area contributed by atoms with E-state index in [4.69, 9.17) is 0 Å². The Kier molecular flexibility index (Phi) is 4.88. The summed E-state index contributed by atoms with van der Waals surface area (Å²) in [6.07, 6.45) is 2.30. The van der Waals surface area contributed by atoms with Gasteiger partial charge in [-0.15, -0.1) is 0 Å². The van der Waals surface area contributed by atoms with Crippen molar-refractivity contribution in [1.29, 1.82) is 0 Å². The average molecular weight is 341 g/mol. The van der Waals surface area contributed by atoms with Gasteiger partial charge in [0.2, 0.25) is 5.91 Å². The summed E-state index contributed by atoms with van der Waals surface area (Å²) < 4.78 is 0. The molecule has 0 bridgehead atoms. The molecule has 6 nitrogen and oxygen atoms in total. The topological polar surface area (TPSA) is 78.5 Å². The first-order valence-electron chi connectivity index (χ1n) is 8.66. The molecule has 2 aromatic carbocycles. The number of carbonyl (C=O) groups is 1. The molecule has 0 saturated carbocycles. The Hall–Kier alpha value is -2.63. The van der Waals surface area contributed by atoms with E-state index in [1.165, 1.54) is 0 Å². The van der Waals surface area contributed by atoms with Gasteiger partial charge in [0.05, 0.1) is 0 Å². The molecule has 0 radical (unpaired) electrons. The van der Waals surface area contributed by atoms with Crippen LogP contribution in [-0.2, 0) is 4.79 Å². The Balaban J connectivity index is 1.55. The average Bonchev–Trinajstić information content (AvgIpc) is 3.06. The third kappa shape index (κ3) is 3.73. The predicted octanol–water partition coefficient (Wildman–Crippen LogP) is 1.94. The highest BCUT2D eigenvalue weighted by atomic mass is 16.2. The second-order valence-corrected chi connectivity index (χ2v) is 6.68. The summed E-state index contributed by atoms with van der Waals surface area (Å²) in [5, 5.41) is 5.83. The van der Waals surface area contributed by atoms with E-state index in [0.717, 1.165) is 42.7 Å². The van der Waals surface area contributed by atoms with Crippen LogP contribution in [0.5, 0.6) is 0 Å². The number of nitrogens with one attached hydrogen (secondary N) is 2. The smallest absolute Gasteiger partial charge is 0.253 e. The number of aryl methyl sites for hydroxylation is 2. The van der Waals surface area contributed by atoms with Crippen molar-refractivity contribution in [2.45, 2.75) is 33.1 Å². The summed E-state index contributed by atoms with van der Waals surface area (Å²) in [7, 11) is 0. The van der Waals surface area contributed by atoms with Crippen LogP contribution >= 0.6 is 0 Å². The summed E-state index contributed by atoms with van der Waals surface area (Å²) in [5.74, 6) is -0.126. The van der Waals surface area contributed by atoms with E-state index < -0.39 is 10.9 Å². The Morgan fingerprint density at radius 1 is 1.04 bits per heavy atom. The van der Waals surface area contributed by atoms with Crippen LogP contribution in [0.4, 0.5) is 17.1 Å². The van der Waals surface area contributed by atoms with Gasteiger partial charge in [0.1, 0.15) is 11.4 Å². The van der Waals surface area contributed by atoms with E-state index >= 15 is 0 Å². The van der Waals surface area contributed by atoms with Crippen LogP contribution in [0.3, 0.4) is 0 Å². The number of carbonyl (C=O) groups excluding carboxylic acids is 1. The molecule has 0 aliphatic carbocycles. The van der Waals surface area contributed by atoms with Gasteiger partial charge < -0.3 is 15.5 Å². The van der Waals surface area contributed by atoms with E-state index in [-0.39, 0.29) is 12.3 Å². The molecule has 0 atom stereocenters. The molecule has 6 heteroatoms. The van der Waals surface area contributed by atoms with E-state index in [1.807, 2.05) is 36.9 Å². The van der Waals surface area contributed by atoms with Crippen LogP contribution in [-0.4, -0.2) is 25.5 Å². The number of hydrogen-bond donors (Lipinski definition) is 2. The molecule has 0 unspecified atom stereocenters. The zero-order valence-electron chi connectivity index (χ0n) is 14.6. The minimum absolute atomic E-state index is 0.126. The molecule has 1 heterocycles.